The van der Waals surface area contributed by atoms with E-state index in [0.717, 1.165) is 42.4 Å². The van der Waals surface area contributed by atoms with Crippen LogP contribution in [0.15, 0.2) is 72.8 Å². The molecule has 0 unspecified atom stereocenters. The van der Waals surface area contributed by atoms with Crippen molar-refractivity contribution < 1.29 is 24.0 Å². The summed E-state index contributed by atoms with van der Waals surface area (Å²) < 4.78 is 10.9. The van der Waals surface area contributed by atoms with Crippen molar-refractivity contribution >= 4 is 17.5 Å². The second-order valence-electron chi connectivity index (χ2n) is 10.4. The SMILES string of the molecule is COc1cc(OCC(=O)N(Cc2ccccc2C)[C@@H](Cc2ccccc2)C(=O)NC2CCCCC2)ccc1[N+](=O)[O-]. The first kappa shape index (κ1) is 29.6. The number of amides is 2. The van der Waals surface area contributed by atoms with Gasteiger partial charge in [-0.3, -0.25) is 19.7 Å². The molecule has 9 heteroatoms. The average Bonchev–Trinajstić information content (AvgIpc) is 2.99. The topological polar surface area (TPSA) is 111 Å². The zero-order chi connectivity index (χ0) is 29.2. The largest absolute Gasteiger partial charge is 0.490 e. The second-order valence-corrected chi connectivity index (χ2v) is 10.4. The van der Waals surface area contributed by atoms with Crippen LogP contribution in [0.2, 0.25) is 0 Å². The standard InChI is InChI=1S/C32H37N3O6/c1-23-11-9-10-14-25(23)21-34(31(36)22-41-27-17-18-28(35(38)39)30(20-27)40-2)29(19-24-12-5-3-6-13-24)32(37)33-26-15-7-4-8-16-26/h3,5-6,9-14,17-18,20,26,29H,4,7-8,15-16,19,21-22H2,1-2H3,(H,33,37)/t29-/m0/s1. The third-order valence-corrected chi connectivity index (χ3v) is 7.53. The van der Waals surface area contributed by atoms with Crippen LogP contribution in [-0.2, 0) is 22.6 Å². The molecule has 1 fully saturated rings. The van der Waals surface area contributed by atoms with Crippen molar-refractivity contribution in [3.05, 3.63) is 99.6 Å². The van der Waals surface area contributed by atoms with E-state index in [9.17, 15) is 19.7 Å². The number of hydrogen-bond donors (Lipinski definition) is 1. The van der Waals surface area contributed by atoms with Crippen LogP contribution in [0.1, 0.15) is 48.8 Å². The van der Waals surface area contributed by atoms with Crippen molar-refractivity contribution in [1.29, 1.82) is 0 Å². The Kier molecular flexibility index (Phi) is 10.3. The van der Waals surface area contributed by atoms with Gasteiger partial charge in [-0.15, -0.1) is 0 Å². The normalized spacial score (nSPS) is 14.1. The van der Waals surface area contributed by atoms with Gasteiger partial charge in [0.25, 0.3) is 5.91 Å². The Labute approximate surface area is 240 Å². The van der Waals surface area contributed by atoms with Crippen LogP contribution >= 0.6 is 0 Å². The van der Waals surface area contributed by atoms with Crippen molar-refractivity contribution in [3.63, 3.8) is 0 Å². The van der Waals surface area contributed by atoms with Crippen molar-refractivity contribution in [2.45, 2.75) is 64.1 Å². The molecule has 9 nitrogen and oxygen atoms in total. The van der Waals surface area contributed by atoms with Gasteiger partial charge in [-0.05, 0) is 42.5 Å². The summed E-state index contributed by atoms with van der Waals surface area (Å²) in [5, 5.41) is 14.5. The molecule has 1 atom stereocenters. The number of nitrogens with zero attached hydrogens (tertiary/aromatic N) is 2. The minimum Gasteiger partial charge on any atom is -0.490 e. The van der Waals surface area contributed by atoms with E-state index in [1.165, 1.54) is 31.7 Å². The fraction of sp³-hybridized carbons (Fsp3) is 0.375. The van der Waals surface area contributed by atoms with Gasteiger partial charge >= 0.3 is 5.69 Å². The quantitative estimate of drug-likeness (QED) is 0.236. The monoisotopic (exact) mass is 559 g/mol. The molecule has 0 bridgehead atoms. The number of rotatable bonds is 12. The number of methoxy groups -OCH3 is 1. The highest BCUT2D eigenvalue weighted by molar-refractivity contribution is 5.88. The second kappa shape index (κ2) is 14.3. The lowest BCUT2D eigenvalue weighted by Crippen LogP contribution is -2.53. The molecule has 3 aromatic carbocycles. The van der Waals surface area contributed by atoms with E-state index in [2.05, 4.69) is 5.32 Å². The fourth-order valence-electron chi connectivity index (χ4n) is 5.20. The molecule has 0 aliphatic heterocycles. The number of nitrogens with one attached hydrogen (secondary N) is 1. The molecule has 1 N–H and O–H groups in total. The van der Waals surface area contributed by atoms with Crippen molar-refractivity contribution in [3.8, 4) is 11.5 Å². The number of nitro groups is 1. The Morgan fingerprint density at radius 1 is 1.02 bits per heavy atom. The van der Waals surface area contributed by atoms with Crippen molar-refractivity contribution in [2.24, 2.45) is 0 Å². The van der Waals surface area contributed by atoms with E-state index in [1.54, 1.807) is 4.90 Å². The maximum atomic E-state index is 13.9. The molecule has 1 aliphatic carbocycles. The lowest BCUT2D eigenvalue weighted by molar-refractivity contribution is -0.385. The number of hydrogen-bond acceptors (Lipinski definition) is 6. The number of nitro benzene ring substituents is 1. The van der Waals surface area contributed by atoms with Crippen LogP contribution in [-0.4, -0.2) is 47.4 Å². The summed E-state index contributed by atoms with van der Waals surface area (Å²) in [4.78, 5) is 40.1. The van der Waals surface area contributed by atoms with E-state index < -0.39 is 11.0 Å². The molecule has 0 saturated heterocycles. The number of aryl methyl sites for hydroxylation is 1. The smallest absolute Gasteiger partial charge is 0.311 e. The highest BCUT2D eigenvalue weighted by atomic mass is 16.6. The zero-order valence-electron chi connectivity index (χ0n) is 23.6. The van der Waals surface area contributed by atoms with Crippen LogP contribution in [0.4, 0.5) is 5.69 Å². The number of carbonyl (C=O) groups is 2. The molecule has 0 heterocycles. The lowest BCUT2D eigenvalue weighted by atomic mass is 9.94. The fourth-order valence-corrected chi connectivity index (χ4v) is 5.20. The summed E-state index contributed by atoms with van der Waals surface area (Å²) >= 11 is 0. The Morgan fingerprint density at radius 2 is 1.73 bits per heavy atom. The van der Waals surface area contributed by atoms with Crippen LogP contribution in [0.3, 0.4) is 0 Å². The molecule has 216 valence electrons. The molecule has 41 heavy (non-hydrogen) atoms. The van der Waals surface area contributed by atoms with Gasteiger partial charge in [0.2, 0.25) is 11.7 Å². The highest BCUT2D eigenvalue weighted by Gasteiger charge is 2.32. The van der Waals surface area contributed by atoms with Crippen LogP contribution < -0.4 is 14.8 Å². The molecule has 1 aliphatic rings. The molecule has 2 amide bonds. The van der Waals surface area contributed by atoms with Crippen molar-refractivity contribution in [1.82, 2.24) is 10.2 Å². The summed E-state index contributed by atoms with van der Waals surface area (Å²) in [5.41, 5.74) is 2.69. The van der Waals surface area contributed by atoms with E-state index in [0.29, 0.717) is 6.42 Å². The van der Waals surface area contributed by atoms with E-state index in [4.69, 9.17) is 9.47 Å². The first-order chi connectivity index (χ1) is 19.9. The summed E-state index contributed by atoms with van der Waals surface area (Å²) in [5.74, 6) is -0.265. The van der Waals surface area contributed by atoms with Gasteiger partial charge in [-0.25, -0.2) is 0 Å². The maximum Gasteiger partial charge on any atom is 0.311 e. The minimum atomic E-state index is -0.763. The molecule has 0 radical (unpaired) electrons. The van der Waals surface area contributed by atoms with Gasteiger partial charge in [0, 0.05) is 31.1 Å². The van der Waals surface area contributed by atoms with E-state index in [-0.39, 0.29) is 48.2 Å². The van der Waals surface area contributed by atoms with Gasteiger partial charge in [0.15, 0.2) is 6.61 Å². The molecule has 1 saturated carbocycles. The molecule has 4 rings (SSSR count). The molecule has 3 aromatic rings. The maximum absolute atomic E-state index is 13.9. The number of ether oxygens (including phenoxy) is 2. The summed E-state index contributed by atoms with van der Waals surface area (Å²) in [6.07, 6.45) is 5.53. The van der Waals surface area contributed by atoms with Gasteiger partial charge in [0.1, 0.15) is 11.8 Å². The first-order valence-electron chi connectivity index (χ1n) is 14.0. The van der Waals surface area contributed by atoms with Crippen LogP contribution in [0, 0.1) is 17.0 Å². The minimum absolute atomic E-state index is 0.0329. The Hall–Kier alpha value is -4.40. The number of carbonyl (C=O) groups excluding carboxylic acids is 2. The van der Waals surface area contributed by atoms with Gasteiger partial charge < -0.3 is 19.7 Å². The average molecular weight is 560 g/mol. The number of benzene rings is 3. The Balaban J connectivity index is 1.62. The van der Waals surface area contributed by atoms with Crippen LogP contribution in [0.5, 0.6) is 11.5 Å². The molecular weight excluding hydrogens is 522 g/mol. The molecule has 0 aromatic heterocycles. The zero-order valence-corrected chi connectivity index (χ0v) is 23.6. The Morgan fingerprint density at radius 3 is 2.41 bits per heavy atom. The summed E-state index contributed by atoms with van der Waals surface area (Å²) in [6.45, 7) is 1.86. The van der Waals surface area contributed by atoms with Gasteiger partial charge in [0.05, 0.1) is 12.0 Å². The highest BCUT2D eigenvalue weighted by Crippen LogP contribution is 2.31. The van der Waals surface area contributed by atoms with Gasteiger partial charge in [-0.1, -0.05) is 73.9 Å². The van der Waals surface area contributed by atoms with Gasteiger partial charge in [-0.2, -0.15) is 0 Å². The molecular formula is C32H37N3O6. The lowest BCUT2D eigenvalue weighted by Gasteiger charge is -2.33. The predicted molar refractivity (Wildman–Crippen MR) is 156 cm³/mol. The third-order valence-electron chi connectivity index (χ3n) is 7.53. The van der Waals surface area contributed by atoms with E-state index >= 15 is 0 Å². The predicted octanol–water partition coefficient (Wildman–Crippen LogP) is 5.38. The van der Waals surface area contributed by atoms with E-state index in [1.807, 2.05) is 61.5 Å². The first-order valence-corrected chi connectivity index (χ1v) is 14.0. The summed E-state index contributed by atoms with van der Waals surface area (Å²) in [6, 6.07) is 20.9. The Bertz CT molecular complexity index is 1340. The van der Waals surface area contributed by atoms with Crippen molar-refractivity contribution in [2.75, 3.05) is 13.7 Å². The van der Waals surface area contributed by atoms with Crippen LogP contribution in [0.25, 0.3) is 0 Å². The summed E-state index contributed by atoms with van der Waals surface area (Å²) in [7, 11) is 1.33. The third kappa shape index (κ3) is 8.06. The molecule has 0 spiro atoms.